The molecule has 0 aromatic carbocycles. The zero-order valence-electron chi connectivity index (χ0n) is 10.6. The molecule has 0 unspecified atom stereocenters. The summed E-state index contributed by atoms with van der Waals surface area (Å²) in [6.07, 6.45) is -2.74. The third kappa shape index (κ3) is 4.05. The number of hydrogen-bond donors (Lipinski definition) is 3. The van der Waals surface area contributed by atoms with Crippen LogP contribution in [0, 0.1) is 0 Å². The maximum absolute atomic E-state index is 10.0. The van der Waals surface area contributed by atoms with Crippen LogP contribution in [-0.4, -0.2) is 58.3 Å². The molecule has 20 heavy (non-hydrogen) atoms. The first-order chi connectivity index (χ1) is 8.67. The molecule has 2 rings (SSSR count). The number of thioether (sulfide) groups is 1. The number of aliphatic hydroxyl groups is 2. The van der Waals surface area contributed by atoms with Gasteiger partial charge < -0.3 is 20.3 Å². The summed E-state index contributed by atoms with van der Waals surface area (Å²) in [7, 11) is 0. The molecule has 2 fully saturated rings. The lowest BCUT2D eigenvalue weighted by atomic mass is 9.98. The monoisotopic (exact) mass is 345 g/mol. The fourth-order valence-electron chi connectivity index (χ4n) is 1.97. The minimum Gasteiger partial charge on any atom is -0.388 e. The molecule has 0 radical (unpaired) electrons. The van der Waals surface area contributed by atoms with Gasteiger partial charge in [-0.2, -0.15) is 0 Å². The molecule has 116 valence electrons. The molecule has 0 aromatic rings. The molecule has 0 aliphatic carbocycles. The lowest BCUT2D eigenvalue weighted by Crippen LogP contribution is -2.59. The van der Waals surface area contributed by atoms with Crippen LogP contribution in [-0.2, 0) is 4.74 Å². The van der Waals surface area contributed by atoms with Crippen molar-refractivity contribution in [1.82, 2.24) is 5.32 Å². The molecule has 0 amide bonds. The van der Waals surface area contributed by atoms with E-state index in [-0.39, 0.29) is 36.8 Å². The fourth-order valence-corrected chi connectivity index (χ4v) is 3.17. The molecule has 0 aromatic heterocycles. The normalized spacial score (nSPS) is 37.0. The van der Waals surface area contributed by atoms with Crippen LogP contribution in [0.1, 0.15) is 6.92 Å². The van der Waals surface area contributed by atoms with E-state index in [2.05, 4.69) is 20.3 Å². The largest absolute Gasteiger partial charge is 0.388 e. The smallest absolute Gasteiger partial charge is 0.159 e. The number of aliphatic hydroxyl groups excluding tert-OH is 2. The van der Waals surface area contributed by atoms with Gasteiger partial charge in [0, 0.05) is 11.5 Å². The second-order valence-electron chi connectivity index (χ2n) is 4.01. The number of halogens is 2. The van der Waals surface area contributed by atoms with Gasteiger partial charge in [0.15, 0.2) is 5.17 Å². The Bertz CT molecular complexity index is 396. The van der Waals surface area contributed by atoms with Gasteiger partial charge in [-0.25, -0.2) is 0 Å². The first-order valence-corrected chi connectivity index (χ1v) is 6.55. The number of hydrogen-bond acceptors (Lipinski definition) is 6. The Balaban J connectivity index is 0.00000180. The van der Waals surface area contributed by atoms with Crippen molar-refractivity contribution >= 4 is 41.7 Å². The van der Waals surface area contributed by atoms with Gasteiger partial charge >= 0.3 is 0 Å². The Morgan fingerprint density at radius 1 is 1.40 bits per heavy atom. The summed E-state index contributed by atoms with van der Waals surface area (Å²) in [5.41, 5.74) is 7.94. The number of azide groups is 1. The SMILES string of the molecule is CCN=C1N[C@@H]2[C@@H](O)[C@H](O)[C@@H](CN=[N+]=[N-])O[C@@H]2S1.Cl.Cl. The summed E-state index contributed by atoms with van der Waals surface area (Å²) in [4.78, 5) is 6.83. The molecule has 0 bridgehead atoms. The van der Waals surface area contributed by atoms with Crippen molar-refractivity contribution in [2.75, 3.05) is 13.1 Å². The van der Waals surface area contributed by atoms with E-state index in [1.807, 2.05) is 6.92 Å². The van der Waals surface area contributed by atoms with Crippen LogP contribution in [0.15, 0.2) is 10.1 Å². The third-order valence-electron chi connectivity index (χ3n) is 2.85. The average Bonchev–Trinajstić information content (AvgIpc) is 2.75. The van der Waals surface area contributed by atoms with Crippen LogP contribution in [0.4, 0.5) is 0 Å². The van der Waals surface area contributed by atoms with Crippen molar-refractivity contribution in [2.45, 2.75) is 36.7 Å². The Labute approximate surface area is 132 Å². The van der Waals surface area contributed by atoms with E-state index < -0.39 is 24.4 Å². The highest BCUT2D eigenvalue weighted by Gasteiger charge is 2.48. The minimum atomic E-state index is -1.08. The standard InChI is InChI=1S/C9H15N5O3S.2ClH/c1-2-11-9-13-5-7(16)6(15)4(3-12-14-10)17-8(5)18-9;;/h4-8,15-16H,2-3H2,1H3,(H,11,13);2*1H/t4-,5-,6-,7-,8-;;/m1../s1. The number of nitrogens with zero attached hydrogens (tertiary/aromatic N) is 4. The molecular weight excluding hydrogens is 329 g/mol. The van der Waals surface area contributed by atoms with Gasteiger partial charge in [0.1, 0.15) is 17.6 Å². The topological polar surface area (TPSA) is 123 Å². The van der Waals surface area contributed by atoms with Crippen molar-refractivity contribution in [3.63, 3.8) is 0 Å². The van der Waals surface area contributed by atoms with Crippen LogP contribution in [0.2, 0.25) is 0 Å². The Morgan fingerprint density at radius 3 is 2.70 bits per heavy atom. The van der Waals surface area contributed by atoms with E-state index >= 15 is 0 Å². The van der Waals surface area contributed by atoms with E-state index in [9.17, 15) is 10.2 Å². The van der Waals surface area contributed by atoms with Gasteiger partial charge in [0.2, 0.25) is 0 Å². The van der Waals surface area contributed by atoms with E-state index in [0.717, 1.165) is 0 Å². The fraction of sp³-hybridized carbons (Fsp3) is 0.889. The van der Waals surface area contributed by atoms with Crippen molar-refractivity contribution in [3.8, 4) is 0 Å². The van der Waals surface area contributed by atoms with Crippen LogP contribution in [0.3, 0.4) is 0 Å². The van der Waals surface area contributed by atoms with Gasteiger partial charge in [-0.3, -0.25) is 4.99 Å². The highest BCUT2D eigenvalue weighted by Crippen LogP contribution is 2.33. The lowest BCUT2D eigenvalue weighted by molar-refractivity contribution is -0.151. The van der Waals surface area contributed by atoms with Crippen LogP contribution >= 0.6 is 36.6 Å². The Morgan fingerprint density at radius 2 is 2.10 bits per heavy atom. The number of rotatable bonds is 3. The van der Waals surface area contributed by atoms with Crippen LogP contribution < -0.4 is 5.32 Å². The predicted octanol–water partition coefficient (Wildman–Crippen LogP) is 0.668. The average molecular weight is 346 g/mol. The summed E-state index contributed by atoms with van der Waals surface area (Å²) < 4.78 is 5.62. The van der Waals surface area contributed by atoms with Gasteiger partial charge in [-0.05, 0) is 12.5 Å². The summed E-state index contributed by atoms with van der Waals surface area (Å²) in [6.45, 7) is 2.54. The minimum absolute atomic E-state index is 0. The van der Waals surface area contributed by atoms with Crippen LogP contribution in [0.5, 0.6) is 0 Å². The summed E-state index contributed by atoms with van der Waals surface area (Å²) in [5.74, 6) is 0. The predicted molar refractivity (Wildman–Crippen MR) is 81.7 cm³/mol. The van der Waals surface area contributed by atoms with Gasteiger partial charge in [0.05, 0.1) is 18.7 Å². The van der Waals surface area contributed by atoms with E-state index in [4.69, 9.17) is 10.3 Å². The van der Waals surface area contributed by atoms with E-state index in [1.54, 1.807) is 0 Å². The molecule has 2 heterocycles. The van der Waals surface area contributed by atoms with E-state index in [0.29, 0.717) is 11.7 Å². The van der Waals surface area contributed by atoms with Crippen molar-refractivity contribution in [2.24, 2.45) is 10.1 Å². The quantitative estimate of drug-likeness (QED) is 0.394. The highest BCUT2D eigenvalue weighted by atomic mass is 35.5. The number of amidine groups is 1. The summed E-state index contributed by atoms with van der Waals surface area (Å²) in [5, 5.41) is 27.0. The zero-order valence-corrected chi connectivity index (χ0v) is 13.1. The molecule has 2 aliphatic heterocycles. The zero-order chi connectivity index (χ0) is 13.1. The highest BCUT2D eigenvalue weighted by molar-refractivity contribution is 8.14. The second-order valence-corrected chi connectivity index (χ2v) is 5.09. The number of nitrogens with one attached hydrogen (secondary N) is 1. The molecule has 5 atom stereocenters. The molecule has 3 N–H and O–H groups in total. The van der Waals surface area contributed by atoms with Gasteiger partial charge in [-0.1, -0.05) is 16.9 Å². The maximum atomic E-state index is 10.0. The van der Waals surface area contributed by atoms with E-state index in [1.165, 1.54) is 11.8 Å². The first-order valence-electron chi connectivity index (χ1n) is 5.67. The first kappa shape index (κ1) is 19.6. The number of aliphatic imine (C=N–C) groups is 1. The molecule has 2 saturated heterocycles. The molecular formula is C9H17Cl2N5O3S. The third-order valence-corrected chi connectivity index (χ3v) is 3.95. The lowest BCUT2D eigenvalue weighted by Gasteiger charge is -2.38. The second kappa shape index (κ2) is 8.78. The van der Waals surface area contributed by atoms with Crippen LogP contribution in [0.25, 0.3) is 10.4 Å². The molecule has 11 heteroatoms. The molecule has 8 nitrogen and oxygen atoms in total. The Kier molecular flexibility index (Phi) is 8.60. The van der Waals surface area contributed by atoms with Crippen molar-refractivity contribution in [3.05, 3.63) is 10.4 Å². The Hall–Kier alpha value is -0.410. The number of ether oxygens (including phenoxy) is 1. The molecule has 0 saturated carbocycles. The van der Waals surface area contributed by atoms with Crippen molar-refractivity contribution in [1.29, 1.82) is 0 Å². The molecule has 2 aliphatic rings. The summed E-state index contributed by atoms with van der Waals surface area (Å²) >= 11 is 1.37. The number of fused-ring (bicyclic) bond motifs is 1. The van der Waals surface area contributed by atoms with Crippen molar-refractivity contribution < 1.29 is 14.9 Å². The molecule has 0 spiro atoms. The summed E-state index contributed by atoms with van der Waals surface area (Å²) in [6, 6.07) is -0.391. The van der Waals surface area contributed by atoms with Gasteiger partial charge in [-0.15, -0.1) is 24.8 Å². The maximum Gasteiger partial charge on any atom is 0.159 e. The van der Waals surface area contributed by atoms with Gasteiger partial charge in [0.25, 0.3) is 0 Å².